The topological polar surface area (TPSA) is 38.3 Å². The van der Waals surface area contributed by atoms with Crippen LogP contribution in [-0.4, -0.2) is 18.2 Å². The fraction of sp³-hybridized carbons (Fsp3) is 0.900. The van der Waals surface area contributed by atoms with Crippen molar-refractivity contribution in [3.05, 3.63) is 0 Å². The minimum absolute atomic E-state index is 0.0248. The fourth-order valence-electron chi connectivity index (χ4n) is 2.45. The smallest absolute Gasteiger partial charge is 0.407 e. The van der Waals surface area contributed by atoms with Crippen LogP contribution in [0.15, 0.2) is 0 Å². The standard InChI is InChI=1S/C10H17NO2/c1-7-3-4-10(5-8(7)2)6-13-9(12)11-10/h7-8H,3-6H2,1-2H3,(H,11,12). The van der Waals surface area contributed by atoms with Gasteiger partial charge in [-0.2, -0.15) is 0 Å². The molecule has 3 heteroatoms. The molecule has 1 amide bonds. The zero-order chi connectivity index (χ0) is 9.47. The molecule has 0 bridgehead atoms. The number of carbonyl (C=O) groups is 1. The first-order valence-electron chi connectivity index (χ1n) is 5.06. The second-order valence-electron chi connectivity index (χ2n) is 4.68. The van der Waals surface area contributed by atoms with Crippen molar-refractivity contribution in [3.8, 4) is 0 Å². The highest BCUT2D eigenvalue weighted by atomic mass is 16.6. The average molecular weight is 183 g/mol. The van der Waals surface area contributed by atoms with Crippen molar-refractivity contribution in [1.29, 1.82) is 0 Å². The molecule has 0 aromatic rings. The number of hydrogen-bond acceptors (Lipinski definition) is 2. The second-order valence-corrected chi connectivity index (χ2v) is 4.68. The molecule has 1 saturated heterocycles. The average Bonchev–Trinajstić information content (AvgIpc) is 2.42. The van der Waals surface area contributed by atoms with E-state index in [1.165, 1.54) is 6.42 Å². The fourth-order valence-corrected chi connectivity index (χ4v) is 2.45. The summed E-state index contributed by atoms with van der Waals surface area (Å²) < 4.78 is 4.98. The van der Waals surface area contributed by atoms with Crippen LogP contribution in [-0.2, 0) is 4.74 Å². The van der Waals surface area contributed by atoms with Gasteiger partial charge in [-0.1, -0.05) is 13.8 Å². The van der Waals surface area contributed by atoms with Gasteiger partial charge in [0, 0.05) is 0 Å². The maximum absolute atomic E-state index is 11.0. The van der Waals surface area contributed by atoms with Crippen LogP contribution in [0.4, 0.5) is 4.79 Å². The molecule has 74 valence electrons. The predicted octanol–water partition coefficient (Wildman–Crippen LogP) is 1.92. The number of nitrogens with one attached hydrogen (secondary N) is 1. The van der Waals surface area contributed by atoms with E-state index in [1.807, 2.05) is 0 Å². The van der Waals surface area contributed by atoms with Crippen LogP contribution < -0.4 is 5.32 Å². The van der Waals surface area contributed by atoms with Crippen molar-refractivity contribution in [2.24, 2.45) is 11.8 Å². The lowest BCUT2D eigenvalue weighted by molar-refractivity contribution is 0.132. The monoisotopic (exact) mass is 183 g/mol. The van der Waals surface area contributed by atoms with Crippen LogP contribution in [0.25, 0.3) is 0 Å². The number of ether oxygens (including phenoxy) is 1. The van der Waals surface area contributed by atoms with E-state index < -0.39 is 0 Å². The van der Waals surface area contributed by atoms with Gasteiger partial charge >= 0.3 is 6.09 Å². The molecule has 1 saturated carbocycles. The van der Waals surface area contributed by atoms with E-state index in [4.69, 9.17) is 4.74 Å². The maximum Gasteiger partial charge on any atom is 0.407 e. The summed E-state index contributed by atoms with van der Waals surface area (Å²) in [6.07, 6.45) is 3.11. The van der Waals surface area contributed by atoms with Gasteiger partial charge in [0.15, 0.2) is 0 Å². The second kappa shape index (κ2) is 2.89. The summed E-state index contributed by atoms with van der Waals surface area (Å²) in [7, 11) is 0. The first-order valence-corrected chi connectivity index (χ1v) is 5.06. The van der Waals surface area contributed by atoms with E-state index in [-0.39, 0.29) is 11.6 Å². The molecule has 1 aliphatic heterocycles. The Morgan fingerprint density at radius 3 is 2.77 bits per heavy atom. The van der Waals surface area contributed by atoms with E-state index in [0.717, 1.165) is 18.8 Å². The van der Waals surface area contributed by atoms with Gasteiger partial charge in [0.2, 0.25) is 0 Å². The molecular weight excluding hydrogens is 166 g/mol. The lowest BCUT2D eigenvalue weighted by Gasteiger charge is -2.38. The SMILES string of the molecule is CC1CCC2(COC(=O)N2)CC1C. The van der Waals surface area contributed by atoms with Gasteiger partial charge in [0.1, 0.15) is 6.61 Å². The molecule has 3 nitrogen and oxygen atoms in total. The van der Waals surface area contributed by atoms with Crippen LogP contribution in [0, 0.1) is 11.8 Å². The zero-order valence-corrected chi connectivity index (χ0v) is 8.30. The molecular formula is C10H17NO2. The zero-order valence-electron chi connectivity index (χ0n) is 8.30. The Balaban J connectivity index is 2.05. The van der Waals surface area contributed by atoms with E-state index in [0.29, 0.717) is 12.5 Å². The van der Waals surface area contributed by atoms with Gasteiger partial charge in [0.25, 0.3) is 0 Å². The van der Waals surface area contributed by atoms with Crippen molar-refractivity contribution in [1.82, 2.24) is 5.32 Å². The Labute approximate surface area is 78.8 Å². The highest BCUT2D eigenvalue weighted by Crippen LogP contribution is 2.38. The van der Waals surface area contributed by atoms with E-state index >= 15 is 0 Å². The third kappa shape index (κ3) is 1.52. The maximum atomic E-state index is 11.0. The van der Waals surface area contributed by atoms with Gasteiger partial charge in [-0.25, -0.2) is 4.79 Å². The number of rotatable bonds is 0. The molecule has 1 aliphatic carbocycles. The molecule has 0 radical (unpaired) electrons. The van der Waals surface area contributed by atoms with Crippen molar-refractivity contribution in [2.45, 2.75) is 38.6 Å². The minimum Gasteiger partial charge on any atom is -0.447 e. The van der Waals surface area contributed by atoms with Crippen LogP contribution in [0.1, 0.15) is 33.1 Å². The molecule has 13 heavy (non-hydrogen) atoms. The van der Waals surface area contributed by atoms with E-state index in [2.05, 4.69) is 19.2 Å². The Hall–Kier alpha value is -0.730. The normalized spacial score (nSPS) is 44.6. The van der Waals surface area contributed by atoms with Gasteiger partial charge in [-0.05, 0) is 31.1 Å². The third-order valence-corrected chi connectivity index (χ3v) is 3.61. The van der Waals surface area contributed by atoms with E-state index in [1.54, 1.807) is 0 Å². The minimum atomic E-state index is -0.234. The van der Waals surface area contributed by atoms with Gasteiger partial charge in [-0.3, -0.25) is 0 Å². The first-order chi connectivity index (χ1) is 6.11. The molecule has 0 aromatic heterocycles. The first kappa shape index (κ1) is 8.85. The molecule has 1 spiro atoms. The van der Waals surface area contributed by atoms with Crippen LogP contribution in [0.2, 0.25) is 0 Å². The Kier molecular flexibility index (Phi) is 1.97. The number of amides is 1. The molecule has 3 unspecified atom stereocenters. The molecule has 1 heterocycles. The molecule has 0 aromatic carbocycles. The molecule has 2 rings (SSSR count). The highest BCUT2D eigenvalue weighted by molar-refractivity contribution is 5.70. The largest absolute Gasteiger partial charge is 0.447 e. The highest BCUT2D eigenvalue weighted by Gasteiger charge is 2.43. The third-order valence-electron chi connectivity index (χ3n) is 3.61. The molecule has 1 N–H and O–H groups in total. The van der Waals surface area contributed by atoms with Crippen molar-refractivity contribution < 1.29 is 9.53 Å². The summed E-state index contributed by atoms with van der Waals surface area (Å²) in [5.74, 6) is 1.47. The summed E-state index contributed by atoms with van der Waals surface area (Å²) in [5, 5.41) is 2.96. The van der Waals surface area contributed by atoms with Crippen LogP contribution in [0.5, 0.6) is 0 Å². The summed E-state index contributed by atoms with van der Waals surface area (Å²) in [4.78, 5) is 11.0. The molecule has 3 atom stereocenters. The molecule has 2 aliphatic rings. The number of cyclic esters (lactones) is 1. The van der Waals surface area contributed by atoms with Gasteiger partial charge < -0.3 is 10.1 Å². The van der Waals surface area contributed by atoms with Crippen molar-refractivity contribution in [2.75, 3.05) is 6.61 Å². The van der Waals surface area contributed by atoms with Crippen LogP contribution >= 0.6 is 0 Å². The number of alkyl carbamates (subject to hydrolysis) is 1. The van der Waals surface area contributed by atoms with E-state index in [9.17, 15) is 4.79 Å². The summed E-state index contributed by atoms with van der Waals surface area (Å²) in [6, 6.07) is 0. The molecule has 2 fully saturated rings. The number of carbonyl (C=O) groups excluding carboxylic acids is 1. The van der Waals surface area contributed by atoms with Gasteiger partial charge in [0.05, 0.1) is 5.54 Å². The Morgan fingerprint density at radius 1 is 1.46 bits per heavy atom. The van der Waals surface area contributed by atoms with Crippen LogP contribution in [0.3, 0.4) is 0 Å². The van der Waals surface area contributed by atoms with Crippen molar-refractivity contribution in [3.63, 3.8) is 0 Å². The summed E-state index contributed by atoms with van der Waals surface area (Å²) in [6.45, 7) is 5.12. The lowest BCUT2D eigenvalue weighted by atomic mass is 9.72. The number of hydrogen-bond donors (Lipinski definition) is 1. The lowest BCUT2D eigenvalue weighted by Crippen LogP contribution is -2.48. The summed E-state index contributed by atoms with van der Waals surface area (Å²) >= 11 is 0. The summed E-state index contributed by atoms with van der Waals surface area (Å²) in [5.41, 5.74) is -0.0248. The Bertz CT molecular complexity index is 229. The van der Waals surface area contributed by atoms with Crippen molar-refractivity contribution >= 4 is 6.09 Å². The predicted molar refractivity (Wildman–Crippen MR) is 49.4 cm³/mol. The Morgan fingerprint density at radius 2 is 2.23 bits per heavy atom. The van der Waals surface area contributed by atoms with Gasteiger partial charge in [-0.15, -0.1) is 0 Å². The quantitative estimate of drug-likeness (QED) is 0.623.